The Bertz CT molecular complexity index is 194. The minimum Gasteiger partial charge on any atom is -0.329 e. The van der Waals surface area contributed by atoms with E-state index in [1.54, 1.807) is 0 Å². The van der Waals surface area contributed by atoms with Gasteiger partial charge < -0.3 is 5.73 Å². The standard InChI is InChI=1S/C11H23F3N2/c1-4-6-10(3,8-15)16(7-5-2)9-11(12,13)14/h4-9,15H2,1-3H3. The van der Waals surface area contributed by atoms with E-state index in [9.17, 15) is 13.2 Å². The molecule has 0 aromatic rings. The van der Waals surface area contributed by atoms with E-state index in [1.165, 1.54) is 4.90 Å². The number of nitrogens with zero attached hydrogens (tertiary/aromatic N) is 1. The third-order valence-electron chi connectivity index (χ3n) is 2.86. The van der Waals surface area contributed by atoms with Gasteiger partial charge in [-0.15, -0.1) is 0 Å². The summed E-state index contributed by atoms with van der Waals surface area (Å²) in [5.41, 5.74) is 5.09. The predicted octanol–water partition coefficient (Wildman–Crippen LogP) is 2.78. The summed E-state index contributed by atoms with van der Waals surface area (Å²) in [6.45, 7) is 5.49. The van der Waals surface area contributed by atoms with Crippen molar-refractivity contribution in [3.05, 3.63) is 0 Å². The van der Waals surface area contributed by atoms with Crippen LogP contribution in [0.25, 0.3) is 0 Å². The van der Waals surface area contributed by atoms with Gasteiger partial charge in [-0.05, 0) is 26.3 Å². The monoisotopic (exact) mass is 240 g/mol. The summed E-state index contributed by atoms with van der Waals surface area (Å²) in [7, 11) is 0. The van der Waals surface area contributed by atoms with Crippen LogP contribution in [0.15, 0.2) is 0 Å². The molecule has 16 heavy (non-hydrogen) atoms. The Morgan fingerprint density at radius 1 is 1.12 bits per heavy atom. The molecule has 0 amide bonds. The van der Waals surface area contributed by atoms with Crippen molar-refractivity contribution < 1.29 is 13.2 Å². The molecule has 0 aliphatic carbocycles. The average molecular weight is 240 g/mol. The van der Waals surface area contributed by atoms with E-state index in [0.717, 1.165) is 6.42 Å². The van der Waals surface area contributed by atoms with Crippen LogP contribution >= 0.6 is 0 Å². The number of hydrogen-bond donors (Lipinski definition) is 1. The van der Waals surface area contributed by atoms with E-state index in [4.69, 9.17) is 5.73 Å². The average Bonchev–Trinajstić information content (AvgIpc) is 2.15. The van der Waals surface area contributed by atoms with Crippen molar-refractivity contribution >= 4 is 0 Å². The van der Waals surface area contributed by atoms with Gasteiger partial charge in [-0.2, -0.15) is 13.2 Å². The molecule has 0 radical (unpaired) electrons. The smallest absolute Gasteiger partial charge is 0.329 e. The quantitative estimate of drug-likeness (QED) is 0.741. The topological polar surface area (TPSA) is 29.3 Å². The fourth-order valence-corrected chi connectivity index (χ4v) is 1.95. The number of hydrogen-bond acceptors (Lipinski definition) is 2. The lowest BCUT2D eigenvalue weighted by Gasteiger charge is -2.41. The first-order chi connectivity index (χ1) is 7.29. The zero-order valence-corrected chi connectivity index (χ0v) is 10.4. The van der Waals surface area contributed by atoms with Crippen molar-refractivity contribution in [2.45, 2.75) is 51.7 Å². The van der Waals surface area contributed by atoms with E-state index in [-0.39, 0.29) is 6.54 Å². The summed E-state index contributed by atoms with van der Waals surface area (Å²) in [5, 5.41) is 0. The lowest BCUT2D eigenvalue weighted by Crippen LogP contribution is -2.54. The van der Waals surface area contributed by atoms with Crippen LogP contribution in [-0.2, 0) is 0 Å². The van der Waals surface area contributed by atoms with Crippen LogP contribution in [0.4, 0.5) is 13.2 Å². The van der Waals surface area contributed by atoms with Crippen LogP contribution in [-0.4, -0.2) is 36.2 Å². The summed E-state index contributed by atoms with van der Waals surface area (Å²) in [6, 6.07) is 0. The highest BCUT2D eigenvalue weighted by Crippen LogP contribution is 2.26. The van der Waals surface area contributed by atoms with Crippen LogP contribution in [0.3, 0.4) is 0 Å². The highest BCUT2D eigenvalue weighted by molar-refractivity contribution is 4.88. The molecule has 0 spiro atoms. The Kier molecular flexibility index (Phi) is 6.33. The van der Waals surface area contributed by atoms with Crippen molar-refractivity contribution in [3.63, 3.8) is 0 Å². The van der Waals surface area contributed by atoms with Gasteiger partial charge in [-0.25, -0.2) is 0 Å². The minimum atomic E-state index is -4.15. The van der Waals surface area contributed by atoms with Crippen LogP contribution in [0.2, 0.25) is 0 Å². The first kappa shape index (κ1) is 15.7. The Labute approximate surface area is 96.0 Å². The molecule has 0 fully saturated rings. The van der Waals surface area contributed by atoms with Gasteiger partial charge in [-0.3, -0.25) is 4.90 Å². The second kappa shape index (κ2) is 6.45. The lowest BCUT2D eigenvalue weighted by molar-refractivity contribution is -0.158. The van der Waals surface area contributed by atoms with Gasteiger partial charge in [0.05, 0.1) is 6.54 Å². The molecule has 0 saturated carbocycles. The van der Waals surface area contributed by atoms with Crippen molar-refractivity contribution in [2.75, 3.05) is 19.6 Å². The summed E-state index contributed by atoms with van der Waals surface area (Å²) >= 11 is 0. The van der Waals surface area contributed by atoms with E-state index in [2.05, 4.69) is 0 Å². The Morgan fingerprint density at radius 2 is 1.69 bits per heavy atom. The minimum absolute atomic E-state index is 0.261. The lowest BCUT2D eigenvalue weighted by atomic mass is 9.93. The Morgan fingerprint density at radius 3 is 2.00 bits per heavy atom. The largest absolute Gasteiger partial charge is 0.401 e. The Hall–Kier alpha value is -0.290. The fraction of sp³-hybridized carbons (Fsp3) is 1.00. The number of rotatable bonds is 7. The van der Waals surface area contributed by atoms with Gasteiger partial charge in [0.2, 0.25) is 0 Å². The van der Waals surface area contributed by atoms with E-state index in [1.807, 2.05) is 20.8 Å². The van der Waals surface area contributed by atoms with Crippen molar-refractivity contribution in [1.29, 1.82) is 0 Å². The maximum absolute atomic E-state index is 12.5. The van der Waals surface area contributed by atoms with Gasteiger partial charge in [0.1, 0.15) is 0 Å². The normalized spacial score (nSPS) is 16.5. The summed E-state index contributed by atoms with van der Waals surface area (Å²) in [6.07, 6.45) is -1.92. The second-order valence-corrected chi connectivity index (χ2v) is 4.49. The molecular weight excluding hydrogens is 217 g/mol. The number of halogens is 3. The molecule has 0 aliphatic heterocycles. The molecule has 1 atom stereocenters. The molecule has 0 saturated heterocycles. The van der Waals surface area contributed by atoms with Gasteiger partial charge in [-0.1, -0.05) is 20.3 Å². The maximum Gasteiger partial charge on any atom is 0.401 e. The highest BCUT2D eigenvalue weighted by Gasteiger charge is 2.38. The maximum atomic E-state index is 12.5. The molecule has 5 heteroatoms. The molecule has 0 bridgehead atoms. The molecule has 98 valence electrons. The molecule has 2 nitrogen and oxygen atoms in total. The SMILES string of the molecule is CCCN(CC(F)(F)F)C(C)(CN)CCC. The molecule has 0 aromatic heterocycles. The van der Waals surface area contributed by atoms with Gasteiger partial charge in [0.15, 0.2) is 0 Å². The number of nitrogens with two attached hydrogens (primary N) is 1. The zero-order chi connectivity index (χ0) is 12.8. The van der Waals surface area contributed by atoms with E-state index >= 15 is 0 Å². The van der Waals surface area contributed by atoms with Gasteiger partial charge in [0.25, 0.3) is 0 Å². The third kappa shape index (κ3) is 5.16. The van der Waals surface area contributed by atoms with E-state index < -0.39 is 18.3 Å². The molecule has 0 aliphatic rings. The van der Waals surface area contributed by atoms with Crippen molar-refractivity contribution in [1.82, 2.24) is 4.90 Å². The van der Waals surface area contributed by atoms with Crippen LogP contribution in [0, 0.1) is 0 Å². The molecule has 0 rings (SSSR count). The van der Waals surface area contributed by atoms with Gasteiger partial charge in [0, 0.05) is 12.1 Å². The zero-order valence-electron chi connectivity index (χ0n) is 10.4. The molecule has 1 unspecified atom stereocenters. The Balaban J connectivity index is 4.71. The summed E-state index contributed by atoms with van der Waals surface area (Å²) in [4.78, 5) is 1.47. The van der Waals surface area contributed by atoms with Crippen molar-refractivity contribution in [3.8, 4) is 0 Å². The van der Waals surface area contributed by atoms with E-state index in [0.29, 0.717) is 19.4 Å². The first-order valence-electron chi connectivity index (χ1n) is 5.81. The predicted molar refractivity (Wildman–Crippen MR) is 60.3 cm³/mol. The molecule has 0 heterocycles. The molecular formula is C11H23F3N2. The number of alkyl halides is 3. The molecule has 2 N–H and O–H groups in total. The first-order valence-corrected chi connectivity index (χ1v) is 5.81. The summed E-state index contributed by atoms with van der Waals surface area (Å²) in [5.74, 6) is 0. The molecule has 0 aromatic carbocycles. The highest BCUT2D eigenvalue weighted by atomic mass is 19.4. The van der Waals surface area contributed by atoms with Gasteiger partial charge >= 0.3 is 6.18 Å². The van der Waals surface area contributed by atoms with Crippen LogP contribution < -0.4 is 5.73 Å². The van der Waals surface area contributed by atoms with Crippen LogP contribution in [0.1, 0.15) is 40.0 Å². The fourth-order valence-electron chi connectivity index (χ4n) is 1.95. The van der Waals surface area contributed by atoms with Crippen molar-refractivity contribution in [2.24, 2.45) is 5.73 Å². The van der Waals surface area contributed by atoms with Crippen LogP contribution in [0.5, 0.6) is 0 Å². The third-order valence-corrected chi connectivity index (χ3v) is 2.86. The second-order valence-electron chi connectivity index (χ2n) is 4.49. The summed E-state index contributed by atoms with van der Waals surface area (Å²) < 4.78 is 37.4.